The Labute approximate surface area is 79.4 Å². The van der Waals surface area contributed by atoms with Gasteiger partial charge in [-0.15, -0.1) is 11.3 Å². The van der Waals surface area contributed by atoms with E-state index >= 15 is 0 Å². The third-order valence-corrected chi connectivity index (χ3v) is 3.16. The van der Waals surface area contributed by atoms with Crippen LogP contribution in [-0.4, -0.2) is 11.1 Å². The molecule has 1 heterocycles. The normalized spacial score (nSPS) is 10.5. The number of carbonyl (C=O) groups is 1. The van der Waals surface area contributed by atoms with Gasteiger partial charge in [0.25, 0.3) is 0 Å². The molecule has 2 rings (SSSR count). The highest BCUT2D eigenvalue weighted by Gasteiger charge is 2.10. The number of benzene rings is 1. The number of rotatable bonds is 1. The number of hydrogen-bond donors (Lipinski definition) is 1. The summed E-state index contributed by atoms with van der Waals surface area (Å²) >= 11 is 1.49. The van der Waals surface area contributed by atoms with Gasteiger partial charge < -0.3 is 5.11 Å². The standard InChI is InChI=1S/C10H8O2S/c1-6-3-2-4-7-8(10(11)12)5-13-9(6)7/h2-5H,1H3,(H,11,12). The Morgan fingerprint density at radius 3 is 2.92 bits per heavy atom. The molecule has 0 saturated heterocycles. The van der Waals surface area contributed by atoms with Gasteiger partial charge in [-0.05, 0) is 12.5 Å². The molecular weight excluding hydrogens is 184 g/mol. The molecule has 13 heavy (non-hydrogen) atoms. The lowest BCUT2D eigenvalue weighted by atomic mass is 10.1. The SMILES string of the molecule is Cc1cccc2c(C(=O)O)csc12. The zero-order valence-electron chi connectivity index (χ0n) is 7.07. The maximum atomic E-state index is 10.8. The molecule has 0 fully saturated rings. The van der Waals surface area contributed by atoms with Crippen LogP contribution in [-0.2, 0) is 0 Å². The number of aromatic carboxylic acids is 1. The van der Waals surface area contributed by atoms with Gasteiger partial charge in [0.15, 0.2) is 0 Å². The van der Waals surface area contributed by atoms with E-state index in [0.717, 1.165) is 15.6 Å². The molecule has 0 aliphatic carbocycles. The van der Waals surface area contributed by atoms with Crippen LogP contribution >= 0.6 is 11.3 Å². The fraction of sp³-hybridized carbons (Fsp3) is 0.100. The Morgan fingerprint density at radius 1 is 1.46 bits per heavy atom. The third-order valence-electron chi connectivity index (χ3n) is 2.03. The molecule has 0 saturated carbocycles. The molecule has 0 bridgehead atoms. The largest absolute Gasteiger partial charge is 0.478 e. The van der Waals surface area contributed by atoms with E-state index in [2.05, 4.69) is 0 Å². The topological polar surface area (TPSA) is 37.3 Å². The Morgan fingerprint density at radius 2 is 2.23 bits per heavy atom. The van der Waals surface area contributed by atoms with Crippen LogP contribution in [0.2, 0.25) is 0 Å². The van der Waals surface area contributed by atoms with E-state index in [-0.39, 0.29) is 0 Å². The number of aryl methyl sites for hydroxylation is 1. The van der Waals surface area contributed by atoms with Gasteiger partial charge in [-0.25, -0.2) is 4.79 Å². The minimum absolute atomic E-state index is 0.406. The molecule has 2 aromatic rings. The minimum Gasteiger partial charge on any atom is -0.478 e. The highest BCUT2D eigenvalue weighted by molar-refractivity contribution is 7.17. The van der Waals surface area contributed by atoms with E-state index in [1.165, 1.54) is 11.3 Å². The average Bonchev–Trinajstić information content (AvgIpc) is 2.48. The van der Waals surface area contributed by atoms with Gasteiger partial charge in [-0.1, -0.05) is 18.2 Å². The summed E-state index contributed by atoms with van der Waals surface area (Å²) in [6.45, 7) is 1.99. The predicted molar refractivity (Wildman–Crippen MR) is 53.5 cm³/mol. The van der Waals surface area contributed by atoms with Crippen molar-refractivity contribution in [3.63, 3.8) is 0 Å². The van der Waals surface area contributed by atoms with Crippen LogP contribution in [0, 0.1) is 6.92 Å². The van der Waals surface area contributed by atoms with E-state index in [1.54, 1.807) is 5.38 Å². The highest BCUT2D eigenvalue weighted by Crippen LogP contribution is 2.28. The summed E-state index contributed by atoms with van der Waals surface area (Å²) in [6.07, 6.45) is 0. The third kappa shape index (κ3) is 1.21. The maximum absolute atomic E-state index is 10.8. The molecule has 1 aromatic heterocycles. The summed E-state index contributed by atoms with van der Waals surface area (Å²) in [5, 5.41) is 11.4. The monoisotopic (exact) mass is 192 g/mol. The van der Waals surface area contributed by atoms with E-state index in [9.17, 15) is 4.79 Å². The first-order valence-electron chi connectivity index (χ1n) is 3.90. The van der Waals surface area contributed by atoms with Gasteiger partial charge in [-0.2, -0.15) is 0 Å². The lowest BCUT2D eigenvalue weighted by molar-refractivity contribution is 0.0699. The van der Waals surface area contributed by atoms with Crippen LogP contribution in [0.4, 0.5) is 0 Å². The number of hydrogen-bond acceptors (Lipinski definition) is 2. The van der Waals surface area contributed by atoms with Crippen molar-refractivity contribution in [3.8, 4) is 0 Å². The molecule has 0 aliphatic rings. The molecule has 3 heteroatoms. The quantitative estimate of drug-likeness (QED) is 0.754. The summed E-state index contributed by atoms with van der Waals surface area (Å²) in [6, 6.07) is 5.73. The van der Waals surface area contributed by atoms with Gasteiger partial charge >= 0.3 is 5.97 Å². The summed E-state index contributed by atoms with van der Waals surface area (Å²) < 4.78 is 1.07. The molecule has 0 spiro atoms. The first kappa shape index (κ1) is 8.26. The van der Waals surface area contributed by atoms with Crippen molar-refractivity contribution in [1.82, 2.24) is 0 Å². The molecule has 66 valence electrons. The van der Waals surface area contributed by atoms with Gasteiger partial charge in [0, 0.05) is 15.5 Å². The Balaban J connectivity index is 2.83. The molecule has 1 aromatic carbocycles. The summed E-state index contributed by atoms with van der Waals surface area (Å²) in [4.78, 5) is 10.8. The molecular formula is C10H8O2S. The second-order valence-electron chi connectivity index (χ2n) is 2.91. The Kier molecular flexibility index (Phi) is 1.81. The van der Waals surface area contributed by atoms with Crippen LogP contribution < -0.4 is 0 Å². The molecule has 0 aliphatic heterocycles. The number of thiophene rings is 1. The lowest BCUT2D eigenvalue weighted by Crippen LogP contribution is -1.93. The van der Waals surface area contributed by atoms with Crippen molar-refractivity contribution >= 4 is 27.4 Å². The molecule has 2 nitrogen and oxygen atoms in total. The van der Waals surface area contributed by atoms with E-state index < -0.39 is 5.97 Å². The van der Waals surface area contributed by atoms with Crippen LogP contribution in [0.3, 0.4) is 0 Å². The smallest absolute Gasteiger partial charge is 0.337 e. The van der Waals surface area contributed by atoms with Crippen molar-refractivity contribution < 1.29 is 9.90 Å². The number of fused-ring (bicyclic) bond motifs is 1. The van der Waals surface area contributed by atoms with Crippen LogP contribution in [0.25, 0.3) is 10.1 Å². The zero-order valence-corrected chi connectivity index (χ0v) is 7.89. The van der Waals surface area contributed by atoms with E-state index in [0.29, 0.717) is 5.56 Å². The fourth-order valence-corrected chi connectivity index (χ4v) is 2.39. The molecule has 1 N–H and O–H groups in total. The van der Waals surface area contributed by atoms with Crippen molar-refractivity contribution in [1.29, 1.82) is 0 Å². The van der Waals surface area contributed by atoms with Gasteiger partial charge in [0.05, 0.1) is 5.56 Å². The Bertz CT molecular complexity index is 471. The van der Waals surface area contributed by atoms with Gasteiger partial charge in [0.1, 0.15) is 0 Å². The van der Waals surface area contributed by atoms with Crippen LogP contribution in [0.5, 0.6) is 0 Å². The molecule has 0 unspecified atom stereocenters. The van der Waals surface area contributed by atoms with Gasteiger partial charge in [-0.3, -0.25) is 0 Å². The minimum atomic E-state index is -0.850. The summed E-state index contributed by atoms with van der Waals surface area (Å²) in [5.74, 6) is -0.850. The van der Waals surface area contributed by atoms with Crippen molar-refractivity contribution in [3.05, 3.63) is 34.7 Å². The summed E-state index contributed by atoms with van der Waals surface area (Å²) in [5.41, 5.74) is 1.54. The highest BCUT2D eigenvalue weighted by atomic mass is 32.1. The average molecular weight is 192 g/mol. The second kappa shape index (κ2) is 2.85. The Hall–Kier alpha value is -1.35. The van der Waals surface area contributed by atoms with E-state index in [1.807, 2.05) is 25.1 Å². The fourth-order valence-electron chi connectivity index (χ4n) is 1.37. The number of carboxylic acids is 1. The van der Waals surface area contributed by atoms with Gasteiger partial charge in [0.2, 0.25) is 0 Å². The molecule has 0 amide bonds. The van der Waals surface area contributed by atoms with Crippen molar-refractivity contribution in [2.24, 2.45) is 0 Å². The lowest BCUT2D eigenvalue weighted by Gasteiger charge is -1.94. The second-order valence-corrected chi connectivity index (χ2v) is 3.79. The summed E-state index contributed by atoms with van der Waals surface area (Å²) in [7, 11) is 0. The first-order valence-corrected chi connectivity index (χ1v) is 4.78. The molecule has 0 atom stereocenters. The van der Waals surface area contributed by atoms with Crippen molar-refractivity contribution in [2.45, 2.75) is 6.92 Å². The number of carboxylic acid groups (broad SMARTS) is 1. The zero-order chi connectivity index (χ0) is 9.42. The predicted octanol–water partition coefficient (Wildman–Crippen LogP) is 2.91. The van der Waals surface area contributed by atoms with E-state index in [4.69, 9.17) is 5.11 Å². The van der Waals surface area contributed by atoms with Crippen LogP contribution in [0.15, 0.2) is 23.6 Å². The van der Waals surface area contributed by atoms with Crippen LogP contribution in [0.1, 0.15) is 15.9 Å². The maximum Gasteiger partial charge on any atom is 0.337 e. The first-order chi connectivity index (χ1) is 6.20. The molecule has 0 radical (unpaired) electrons. The van der Waals surface area contributed by atoms with Crippen molar-refractivity contribution in [2.75, 3.05) is 0 Å².